The molecule has 0 saturated carbocycles. The van der Waals surface area contributed by atoms with Crippen molar-refractivity contribution >= 4 is 0 Å². The van der Waals surface area contributed by atoms with Crippen LogP contribution in [0.2, 0.25) is 0 Å². The van der Waals surface area contributed by atoms with E-state index in [2.05, 4.69) is 5.32 Å². The quantitative estimate of drug-likeness (QED) is 0.466. The van der Waals surface area contributed by atoms with Crippen molar-refractivity contribution in [2.24, 2.45) is 0 Å². The first-order valence-corrected chi connectivity index (χ1v) is 3.24. The van der Waals surface area contributed by atoms with Gasteiger partial charge in [0, 0.05) is 13.2 Å². The molecule has 3 nitrogen and oxygen atoms in total. The Morgan fingerprint density at radius 3 is 2.67 bits per heavy atom. The molecule has 0 bridgehead atoms. The van der Waals surface area contributed by atoms with E-state index < -0.39 is 0 Å². The topological polar surface area (TPSA) is 52.5 Å². The van der Waals surface area contributed by atoms with Crippen LogP contribution >= 0.6 is 0 Å². The molecule has 3 N–H and O–H groups in total. The summed E-state index contributed by atoms with van der Waals surface area (Å²) in [5.41, 5.74) is 0. The van der Waals surface area contributed by atoms with Gasteiger partial charge in [0.1, 0.15) is 0 Å². The molecule has 0 aliphatic rings. The van der Waals surface area contributed by atoms with Crippen LogP contribution in [0.1, 0.15) is 12.8 Å². The van der Waals surface area contributed by atoms with Crippen LogP contribution in [-0.4, -0.2) is 36.5 Å². The van der Waals surface area contributed by atoms with Crippen LogP contribution < -0.4 is 5.32 Å². The third-order valence-electron chi connectivity index (χ3n) is 1.14. The summed E-state index contributed by atoms with van der Waals surface area (Å²) in [5.74, 6) is 0. The summed E-state index contributed by atoms with van der Waals surface area (Å²) in [5, 5.41) is 20.2. The maximum absolute atomic E-state index is 9.01. The van der Waals surface area contributed by atoms with E-state index >= 15 is 0 Å². The lowest BCUT2D eigenvalue weighted by Crippen LogP contribution is -2.23. The number of likely N-dealkylation sites (N-methyl/N-ethyl adjacent to an activating group) is 1. The van der Waals surface area contributed by atoms with Gasteiger partial charge in [0.25, 0.3) is 0 Å². The van der Waals surface area contributed by atoms with Crippen molar-refractivity contribution in [3.63, 3.8) is 0 Å². The van der Waals surface area contributed by atoms with Gasteiger partial charge in [0.2, 0.25) is 0 Å². The molecule has 56 valence electrons. The molecule has 0 fully saturated rings. The summed E-state index contributed by atoms with van der Waals surface area (Å²) in [7, 11) is 1.79. The summed E-state index contributed by atoms with van der Waals surface area (Å²) >= 11 is 0. The molecule has 0 aromatic carbocycles. The van der Waals surface area contributed by atoms with Crippen LogP contribution in [0.25, 0.3) is 0 Å². The molecule has 1 unspecified atom stereocenters. The normalized spacial score (nSPS) is 13.7. The molecule has 0 spiro atoms. The highest BCUT2D eigenvalue weighted by atomic mass is 16.3. The molecule has 0 heterocycles. The van der Waals surface area contributed by atoms with Crippen molar-refractivity contribution in [3.05, 3.63) is 0 Å². The fraction of sp³-hybridized carbons (Fsp3) is 1.00. The predicted molar refractivity (Wildman–Crippen MR) is 36.3 cm³/mol. The second kappa shape index (κ2) is 6.01. The fourth-order valence-corrected chi connectivity index (χ4v) is 0.665. The van der Waals surface area contributed by atoms with Crippen molar-refractivity contribution < 1.29 is 10.2 Å². The molecular weight excluding hydrogens is 118 g/mol. The van der Waals surface area contributed by atoms with Gasteiger partial charge in [0.05, 0.1) is 6.10 Å². The Balaban J connectivity index is 2.95. The lowest BCUT2D eigenvalue weighted by atomic mass is 10.2. The minimum absolute atomic E-state index is 0.167. The molecular formula is C6H15NO2. The Kier molecular flexibility index (Phi) is 5.93. The first-order chi connectivity index (χ1) is 4.31. The van der Waals surface area contributed by atoms with Gasteiger partial charge in [-0.15, -0.1) is 0 Å². The van der Waals surface area contributed by atoms with Crippen LogP contribution in [0.5, 0.6) is 0 Å². The second-order valence-corrected chi connectivity index (χ2v) is 2.08. The van der Waals surface area contributed by atoms with Gasteiger partial charge >= 0.3 is 0 Å². The minimum Gasteiger partial charge on any atom is -0.396 e. The summed E-state index contributed by atoms with van der Waals surface area (Å²) in [6.45, 7) is 0.779. The van der Waals surface area contributed by atoms with Crippen LogP contribution in [0, 0.1) is 0 Å². The highest BCUT2D eigenvalue weighted by Gasteiger charge is 1.99. The molecule has 0 saturated heterocycles. The standard InChI is InChI=1S/C6H15NO2/c1-7-5-6(9)3-2-4-8/h6-9H,2-5H2,1H3. The second-order valence-electron chi connectivity index (χ2n) is 2.08. The van der Waals surface area contributed by atoms with Crippen molar-refractivity contribution in [1.29, 1.82) is 0 Å². The minimum atomic E-state index is -0.304. The van der Waals surface area contributed by atoms with Gasteiger partial charge in [-0.1, -0.05) is 0 Å². The first kappa shape index (κ1) is 8.88. The van der Waals surface area contributed by atoms with E-state index in [1.807, 2.05) is 0 Å². The monoisotopic (exact) mass is 133 g/mol. The molecule has 9 heavy (non-hydrogen) atoms. The average Bonchev–Trinajstić information content (AvgIpc) is 1.85. The number of rotatable bonds is 5. The third kappa shape index (κ3) is 5.76. The Bertz CT molecular complexity index is 59.0. The number of aliphatic hydroxyl groups is 2. The highest BCUT2D eigenvalue weighted by Crippen LogP contribution is 1.93. The van der Waals surface area contributed by atoms with Gasteiger partial charge in [0.15, 0.2) is 0 Å². The molecule has 0 radical (unpaired) electrons. The van der Waals surface area contributed by atoms with Crippen molar-refractivity contribution in [1.82, 2.24) is 5.32 Å². The van der Waals surface area contributed by atoms with E-state index in [1.165, 1.54) is 0 Å². The number of nitrogens with one attached hydrogen (secondary N) is 1. The fourth-order valence-electron chi connectivity index (χ4n) is 0.665. The van der Waals surface area contributed by atoms with Gasteiger partial charge in [-0.3, -0.25) is 0 Å². The molecule has 3 heteroatoms. The summed E-state index contributed by atoms with van der Waals surface area (Å²) < 4.78 is 0. The first-order valence-electron chi connectivity index (χ1n) is 3.24. The molecule has 0 aliphatic heterocycles. The zero-order chi connectivity index (χ0) is 7.11. The lowest BCUT2D eigenvalue weighted by molar-refractivity contribution is 0.150. The highest BCUT2D eigenvalue weighted by molar-refractivity contribution is 4.55. The molecule has 1 atom stereocenters. The van der Waals surface area contributed by atoms with Crippen molar-refractivity contribution in [3.8, 4) is 0 Å². The maximum Gasteiger partial charge on any atom is 0.0665 e. The number of aliphatic hydroxyl groups excluding tert-OH is 2. The van der Waals surface area contributed by atoms with Crippen LogP contribution in [0.15, 0.2) is 0 Å². The Morgan fingerprint density at radius 2 is 2.22 bits per heavy atom. The Labute approximate surface area is 55.7 Å². The predicted octanol–water partition coefficient (Wildman–Crippen LogP) is -0.661. The third-order valence-corrected chi connectivity index (χ3v) is 1.14. The van der Waals surface area contributed by atoms with Gasteiger partial charge < -0.3 is 15.5 Å². The summed E-state index contributed by atoms with van der Waals surface area (Å²) in [6.07, 6.45) is 1.06. The van der Waals surface area contributed by atoms with Crippen molar-refractivity contribution in [2.75, 3.05) is 20.2 Å². The molecule has 0 aromatic heterocycles. The van der Waals surface area contributed by atoms with Gasteiger partial charge in [-0.2, -0.15) is 0 Å². The largest absolute Gasteiger partial charge is 0.396 e. The maximum atomic E-state index is 9.01. The molecule has 0 amide bonds. The van der Waals surface area contributed by atoms with E-state index in [0.717, 1.165) is 0 Å². The van der Waals surface area contributed by atoms with Crippen LogP contribution in [0.3, 0.4) is 0 Å². The van der Waals surface area contributed by atoms with Gasteiger partial charge in [-0.05, 0) is 19.9 Å². The average molecular weight is 133 g/mol. The zero-order valence-corrected chi connectivity index (χ0v) is 5.80. The van der Waals surface area contributed by atoms with E-state index in [4.69, 9.17) is 10.2 Å². The van der Waals surface area contributed by atoms with Crippen molar-refractivity contribution in [2.45, 2.75) is 18.9 Å². The summed E-state index contributed by atoms with van der Waals surface area (Å²) in [4.78, 5) is 0. The zero-order valence-electron chi connectivity index (χ0n) is 5.80. The van der Waals surface area contributed by atoms with E-state index in [0.29, 0.717) is 19.4 Å². The van der Waals surface area contributed by atoms with Crippen LogP contribution in [0.4, 0.5) is 0 Å². The smallest absolute Gasteiger partial charge is 0.0665 e. The van der Waals surface area contributed by atoms with Crippen LogP contribution in [-0.2, 0) is 0 Å². The molecule has 0 rings (SSSR count). The number of hydrogen-bond acceptors (Lipinski definition) is 3. The summed E-state index contributed by atoms with van der Waals surface area (Å²) in [6, 6.07) is 0. The molecule has 0 aromatic rings. The van der Waals surface area contributed by atoms with E-state index in [9.17, 15) is 0 Å². The molecule has 0 aliphatic carbocycles. The van der Waals surface area contributed by atoms with E-state index in [-0.39, 0.29) is 12.7 Å². The SMILES string of the molecule is CNCC(O)CCCO. The Morgan fingerprint density at radius 1 is 1.56 bits per heavy atom. The van der Waals surface area contributed by atoms with E-state index in [1.54, 1.807) is 7.05 Å². The van der Waals surface area contributed by atoms with Gasteiger partial charge in [-0.25, -0.2) is 0 Å². The lowest BCUT2D eigenvalue weighted by Gasteiger charge is -2.06. The Hall–Kier alpha value is -0.120. The number of hydrogen-bond donors (Lipinski definition) is 3.